The maximum Gasteiger partial charge on any atom is 0.128 e. The summed E-state index contributed by atoms with van der Waals surface area (Å²) in [5.41, 5.74) is 5.83. The molecule has 0 fully saturated rings. The average Bonchev–Trinajstić information content (AvgIpc) is 2.15. The molecule has 1 aromatic rings. The number of anilines is 1. The van der Waals surface area contributed by atoms with E-state index in [4.69, 9.17) is 10.5 Å². The number of hydrogen-bond donors (Lipinski definition) is 1. The van der Waals surface area contributed by atoms with Gasteiger partial charge in [0.1, 0.15) is 5.75 Å². The minimum Gasteiger partial charge on any atom is -0.545 e. The molecule has 0 unspecified atom stereocenters. The summed E-state index contributed by atoms with van der Waals surface area (Å²) < 4.78 is 5.23. The highest BCUT2D eigenvalue weighted by molar-refractivity contribution is 5.90. The number of nitrogens with two attached hydrogens (primary N) is 1. The first-order valence-electron chi connectivity index (χ1n) is 4.38. The van der Waals surface area contributed by atoms with Gasteiger partial charge in [0.05, 0.1) is 12.6 Å². The van der Waals surface area contributed by atoms with Crippen molar-refractivity contribution in [3.8, 4) is 5.75 Å². The Morgan fingerprint density at radius 2 is 2.29 bits per heavy atom. The fourth-order valence-corrected chi connectivity index (χ4v) is 1.05. The first-order valence-corrected chi connectivity index (χ1v) is 4.38. The Hall–Kier alpha value is -1.71. The fourth-order valence-electron chi connectivity index (χ4n) is 1.05. The Bertz CT molecular complexity index is 336. The Morgan fingerprint density at radius 3 is 2.86 bits per heavy atom. The lowest BCUT2D eigenvalue weighted by Gasteiger charge is -2.11. The predicted octanol–water partition coefficient (Wildman–Crippen LogP) is 0.421. The zero-order valence-corrected chi connectivity index (χ0v) is 7.95. The zero-order chi connectivity index (χ0) is 10.6. The molecular formula is C10H12NO3-. The van der Waals surface area contributed by atoms with Crippen LogP contribution >= 0.6 is 0 Å². The third kappa shape index (κ3) is 2.39. The highest BCUT2D eigenvalue weighted by Gasteiger charge is 2.04. The molecule has 1 aromatic carbocycles. The van der Waals surface area contributed by atoms with Crippen LogP contribution in [0.3, 0.4) is 0 Å². The number of carbonyl (C=O) groups is 1. The number of nitrogen functional groups attached to an aromatic ring is 1. The van der Waals surface area contributed by atoms with Gasteiger partial charge in [-0.3, -0.25) is 0 Å². The smallest absolute Gasteiger partial charge is 0.128 e. The van der Waals surface area contributed by atoms with Crippen LogP contribution in [0.2, 0.25) is 0 Å². The largest absolute Gasteiger partial charge is 0.545 e. The van der Waals surface area contributed by atoms with Crippen molar-refractivity contribution >= 4 is 11.7 Å². The van der Waals surface area contributed by atoms with Crippen LogP contribution in [0, 0.1) is 0 Å². The quantitative estimate of drug-likeness (QED) is 0.705. The van der Waals surface area contributed by atoms with Crippen LogP contribution in [0.4, 0.5) is 5.69 Å². The summed E-state index contributed by atoms with van der Waals surface area (Å²) in [5.74, 6) is -0.968. The maximum absolute atomic E-state index is 10.7. The monoisotopic (exact) mass is 194 g/mol. The van der Waals surface area contributed by atoms with Gasteiger partial charge >= 0.3 is 0 Å². The minimum atomic E-state index is -1.27. The van der Waals surface area contributed by atoms with E-state index in [1.807, 2.05) is 6.92 Å². The normalized spacial score (nSPS) is 9.79. The molecule has 0 saturated carbocycles. The number of benzene rings is 1. The number of hydrogen-bond acceptors (Lipinski definition) is 4. The molecule has 0 aliphatic heterocycles. The molecule has 0 aromatic heterocycles. The van der Waals surface area contributed by atoms with Gasteiger partial charge in [-0.05, 0) is 24.6 Å². The van der Waals surface area contributed by atoms with Crippen LogP contribution in [0.15, 0.2) is 18.2 Å². The molecule has 0 radical (unpaired) electrons. The molecule has 2 N–H and O–H groups in total. The number of aromatic carboxylic acids is 1. The van der Waals surface area contributed by atoms with Crippen molar-refractivity contribution < 1.29 is 14.6 Å². The van der Waals surface area contributed by atoms with Crippen molar-refractivity contribution in [2.45, 2.75) is 13.3 Å². The van der Waals surface area contributed by atoms with E-state index in [0.29, 0.717) is 18.0 Å². The van der Waals surface area contributed by atoms with Crippen LogP contribution in [-0.2, 0) is 0 Å². The van der Waals surface area contributed by atoms with Crippen molar-refractivity contribution in [1.29, 1.82) is 0 Å². The SMILES string of the molecule is CCCOc1ccc(N)cc1C(=O)[O-]. The van der Waals surface area contributed by atoms with E-state index in [0.717, 1.165) is 6.42 Å². The first kappa shape index (κ1) is 10.4. The maximum atomic E-state index is 10.7. The van der Waals surface area contributed by atoms with Crippen molar-refractivity contribution in [3.05, 3.63) is 23.8 Å². The van der Waals surface area contributed by atoms with Gasteiger partial charge in [-0.25, -0.2) is 0 Å². The van der Waals surface area contributed by atoms with Crippen LogP contribution < -0.4 is 15.6 Å². The first-order chi connectivity index (χ1) is 6.65. The Balaban J connectivity index is 2.96. The minimum absolute atomic E-state index is 0.00144. The molecule has 0 heterocycles. The highest BCUT2D eigenvalue weighted by Crippen LogP contribution is 2.20. The number of carboxylic acid groups (broad SMARTS) is 1. The third-order valence-electron chi connectivity index (χ3n) is 1.69. The second-order valence-corrected chi connectivity index (χ2v) is 2.89. The average molecular weight is 194 g/mol. The van der Waals surface area contributed by atoms with Gasteiger partial charge < -0.3 is 20.4 Å². The Morgan fingerprint density at radius 1 is 1.57 bits per heavy atom. The molecule has 4 nitrogen and oxygen atoms in total. The zero-order valence-electron chi connectivity index (χ0n) is 7.95. The second-order valence-electron chi connectivity index (χ2n) is 2.89. The van der Waals surface area contributed by atoms with Crippen molar-refractivity contribution in [2.75, 3.05) is 12.3 Å². The van der Waals surface area contributed by atoms with Crippen LogP contribution in [0.5, 0.6) is 5.75 Å². The summed E-state index contributed by atoms with van der Waals surface area (Å²) in [6, 6.07) is 4.47. The van der Waals surface area contributed by atoms with Gasteiger partial charge in [0, 0.05) is 11.3 Å². The Labute approximate surface area is 82.3 Å². The summed E-state index contributed by atoms with van der Waals surface area (Å²) in [7, 11) is 0. The lowest BCUT2D eigenvalue weighted by atomic mass is 10.2. The van der Waals surface area contributed by atoms with Crippen molar-refractivity contribution in [3.63, 3.8) is 0 Å². The van der Waals surface area contributed by atoms with Gasteiger partial charge in [0.15, 0.2) is 0 Å². The second kappa shape index (κ2) is 4.50. The van der Waals surface area contributed by atoms with E-state index in [1.54, 1.807) is 6.07 Å². The fraction of sp³-hybridized carbons (Fsp3) is 0.300. The lowest BCUT2D eigenvalue weighted by molar-refractivity contribution is -0.255. The predicted molar refractivity (Wildman–Crippen MR) is 51.0 cm³/mol. The molecule has 1 rings (SSSR count). The summed E-state index contributed by atoms with van der Waals surface area (Å²) in [5, 5.41) is 10.7. The molecule has 0 spiro atoms. The van der Waals surface area contributed by atoms with E-state index in [2.05, 4.69) is 0 Å². The van der Waals surface area contributed by atoms with E-state index >= 15 is 0 Å². The number of carbonyl (C=O) groups excluding carboxylic acids is 1. The van der Waals surface area contributed by atoms with Crippen molar-refractivity contribution in [2.24, 2.45) is 0 Å². The molecule has 4 heteroatoms. The van der Waals surface area contributed by atoms with Gasteiger partial charge in [-0.1, -0.05) is 6.92 Å². The molecule has 0 saturated heterocycles. The molecule has 0 aliphatic rings. The van der Waals surface area contributed by atoms with Crippen LogP contribution in [-0.4, -0.2) is 12.6 Å². The number of carboxylic acids is 1. The molecule has 14 heavy (non-hydrogen) atoms. The van der Waals surface area contributed by atoms with Gasteiger partial charge in [-0.15, -0.1) is 0 Å². The summed E-state index contributed by atoms with van der Waals surface area (Å²) in [6.07, 6.45) is 0.816. The Kier molecular flexibility index (Phi) is 3.34. The van der Waals surface area contributed by atoms with Gasteiger partial charge in [-0.2, -0.15) is 0 Å². The lowest BCUT2D eigenvalue weighted by Crippen LogP contribution is -2.23. The molecule has 76 valence electrons. The van der Waals surface area contributed by atoms with E-state index in [9.17, 15) is 9.90 Å². The molecule has 0 amide bonds. The van der Waals surface area contributed by atoms with Gasteiger partial charge in [0.2, 0.25) is 0 Å². The molecule has 0 atom stereocenters. The summed E-state index contributed by atoms with van der Waals surface area (Å²) in [4.78, 5) is 10.7. The number of ether oxygens (including phenoxy) is 1. The topological polar surface area (TPSA) is 75.4 Å². The third-order valence-corrected chi connectivity index (χ3v) is 1.69. The van der Waals surface area contributed by atoms with Crippen LogP contribution in [0.1, 0.15) is 23.7 Å². The standard InChI is InChI=1S/C10H13NO3/c1-2-5-14-9-4-3-7(11)6-8(9)10(12)13/h3-4,6H,2,5,11H2,1H3,(H,12,13)/p-1. The molecule has 0 bridgehead atoms. The van der Waals surface area contributed by atoms with Crippen LogP contribution in [0.25, 0.3) is 0 Å². The van der Waals surface area contributed by atoms with E-state index in [-0.39, 0.29) is 5.56 Å². The summed E-state index contributed by atoms with van der Waals surface area (Å²) >= 11 is 0. The molecule has 0 aliphatic carbocycles. The summed E-state index contributed by atoms with van der Waals surface area (Å²) in [6.45, 7) is 2.42. The van der Waals surface area contributed by atoms with Crippen molar-refractivity contribution in [1.82, 2.24) is 0 Å². The van der Waals surface area contributed by atoms with E-state index in [1.165, 1.54) is 12.1 Å². The van der Waals surface area contributed by atoms with E-state index < -0.39 is 5.97 Å². The molecular weight excluding hydrogens is 182 g/mol. The number of rotatable bonds is 4. The van der Waals surface area contributed by atoms with Gasteiger partial charge in [0.25, 0.3) is 0 Å². The highest BCUT2D eigenvalue weighted by atomic mass is 16.5.